The number of nitrogens with zero attached hydrogens (tertiary/aromatic N) is 1. The van der Waals surface area contributed by atoms with Crippen molar-refractivity contribution in [2.24, 2.45) is 0 Å². The molecular weight excluding hydrogens is 474 g/mol. The minimum absolute atomic E-state index is 0.0316. The molecule has 1 aliphatic heterocycles. The number of aryl methyl sites for hydroxylation is 2. The summed E-state index contributed by atoms with van der Waals surface area (Å²) in [5.41, 5.74) is 1.58. The molecule has 3 rings (SSSR count). The van der Waals surface area contributed by atoms with E-state index < -0.39 is 47.3 Å². The van der Waals surface area contributed by atoms with Crippen LogP contribution in [0.15, 0.2) is 47.4 Å². The lowest BCUT2D eigenvalue weighted by Gasteiger charge is -2.22. The zero-order chi connectivity index (χ0) is 25.0. The minimum atomic E-state index is -4.12. The van der Waals surface area contributed by atoms with Crippen LogP contribution >= 0.6 is 0 Å². The zero-order valence-corrected chi connectivity index (χ0v) is 19.2. The number of halogens is 2. The Morgan fingerprint density at radius 2 is 1.88 bits per heavy atom. The first kappa shape index (κ1) is 25.5. The molecule has 0 radical (unpaired) electrons. The number of alkyl halides is 2. The molecule has 0 saturated carbocycles. The number of ether oxygens (including phenoxy) is 2. The topological polar surface area (TPSA) is 122 Å². The first-order valence-electron chi connectivity index (χ1n) is 10.3. The van der Waals surface area contributed by atoms with E-state index in [1.54, 1.807) is 13.0 Å². The number of para-hydroxylation sites is 2. The van der Waals surface area contributed by atoms with E-state index in [1.165, 1.54) is 36.4 Å². The largest absolute Gasteiger partial charge is 0.454 e. The predicted octanol–water partition coefficient (Wildman–Crippen LogP) is 2.21. The Kier molecular flexibility index (Phi) is 7.85. The van der Waals surface area contributed by atoms with E-state index in [4.69, 9.17) is 4.74 Å². The highest BCUT2D eigenvalue weighted by molar-refractivity contribution is 7.89. The highest BCUT2D eigenvalue weighted by atomic mass is 32.2. The molecule has 12 heteroatoms. The average Bonchev–Trinajstić information content (AvgIpc) is 3.17. The zero-order valence-electron chi connectivity index (χ0n) is 18.4. The van der Waals surface area contributed by atoms with Gasteiger partial charge in [-0.15, -0.1) is 0 Å². The molecule has 0 aliphatic carbocycles. The van der Waals surface area contributed by atoms with Gasteiger partial charge in [0.2, 0.25) is 10.0 Å². The van der Waals surface area contributed by atoms with Gasteiger partial charge in [0.1, 0.15) is 11.8 Å². The molecule has 2 N–H and O–H groups in total. The summed E-state index contributed by atoms with van der Waals surface area (Å²) in [4.78, 5) is 24.8. The van der Waals surface area contributed by atoms with Crippen molar-refractivity contribution < 1.29 is 41.4 Å². The summed E-state index contributed by atoms with van der Waals surface area (Å²) in [6, 6.07) is 8.66. The number of hydrogen-bond acceptors (Lipinski definition) is 7. The van der Waals surface area contributed by atoms with Crippen LogP contribution in [0.25, 0.3) is 0 Å². The second-order valence-electron chi connectivity index (χ2n) is 7.76. The van der Waals surface area contributed by atoms with Crippen LogP contribution in [0.2, 0.25) is 0 Å². The van der Waals surface area contributed by atoms with Crippen LogP contribution < -0.4 is 10.1 Å². The molecule has 0 bridgehead atoms. The lowest BCUT2D eigenvalue weighted by Crippen LogP contribution is -2.42. The Balaban J connectivity index is 1.68. The van der Waals surface area contributed by atoms with Gasteiger partial charge in [0, 0.05) is 13.0 Å². The second-order valence-corrected chi connectivity index (χ2v) is 9.65. The molecule has 2 aromatic carbocycles. The SMILES string of the molecule is Cc1ccc(S(=O)(=O)N2CC(O)CC2C(=O)OCC(=O)Nc2ccccc2OC(F)F)cc1C. The van der Waals surface area contributed by atoms with Crippen molar-refractivity contribution in [1.82, 2.24) is 4.31 Å². The van der Waals surface area contributed by atoms with Crippen LogP contribution in [0.3, 0.4) is 0 Å². The van der Waals surface area contributed by atoms with Crippen molar-refractivity contribution in [3.05, 3.63) is 53.6 Å². The molecule has 2 unspecified atom stereocenters. The molecule has 184 valence electrons. The molecule has 1 saturated heterocycles. The van der Waals surface area contributed by atoms with Crippen molar-refractivity contribution in [3.63, 3.8) is 0 Å². The molecule has 0 aromatic heterocycles. The van der Waals surface area contributed by atoms with Gasteiger partial charge in [-0.1, -0.05) is 18.2 Å². The molecule has 1 aliphatic rings. The number of carbonyl (C=O) groups excluding carboxylic acids is 2. The third-order valence-electron chi connectivity index (χ3n) is 5.31. The number of anilines is 1. The van der Waals surface area contributed by atoms with Gasteiger partial charge in [0.25, 0.3) is 5.91 Å². The maximum absolute atomic E-state index is 13.1. The summed E-state index contributed by atoms with van der Waals surface area (Å²) in [7, 11) is -4.12. The minimum Gasteiger partial charge on any atom is -0.454 e. The van der Waals surface area contributed by atoms with Crippen molar-refractivity contribution >= 4 is 27.6 Å². The number of rotatable bonds is 8. The Morgan fingerprint density at radius 3 is 2.56 bits per heavy atom. The van der Waals surface area contributed by atoms with Gasteiger partial charge in [-0.2, -0.15) is 13.1 Å². The second kappa shape index (κ2) is 10.5. The molecule has 1 heterocycles. The van der Waals surface area contributed by atoms with Gasteiger partial charge < -0.3 is 19.9 Å². The molecular formula is C22H24F2N2O7S. The molecule has 34 heavy (non-hydrogen) atoms. The van der Waals surface area contributed by atoms with E-state index in [0.717, 1.165) is 15.4 Å². The number of aliphatic hydroxyl groups excluding tert-OH is 1. The summed E-state index contributed by atoms with van der Waals surface area (Å²) < 4.78 is 61.4. The molecule has 0 spiro atoms. The van der Waals surface area contributed by atoms with Crippen molar-refractivity contribution in [2.45, 2.75) is 43.9 Å². The lowest BCUT2D eigenvalue weighted by molar-refractivity contribution is -0.150. The van der Waals surface area contributed by atoms with Crippen LogP contribution in [0, 0.1) is 13.8 Å². The third-order valence-corrected chi connectivity index (χ3v) is 7.18. The van der Waals surface area contributed by atoms with Crippen molar-refractivity contribution in [3.8, 4) is 5.75 Å². The maximum atomic E-state index is 13.1. The van der Waals surface area contributed by atoms with Crippen LogP contribution in [0.5, 0.6) is 5.75 Å². The van der Waals surface area contributed by atoms with E-state index in [1.807, 2.05) is 6.92 Å². The number of amides is 1. The molecule has 2 aromatic rings. The number of nitrogens with one attached hydrogen (secondary N) is 1. The lowest BCUT2D eigenvalue weighted by atomic mass is 10.1. The van der Waals surface area contributed by atoms with Gasteiger partial charge >= 0.3 is 12.6 Å². The first-order valence-corrected chi connectivity index (χ1v) is 11.7. The first-order chi connectivity index (χ1) is 16.0. The Hall–Kier alpha value is -3.09. The highest BCUT2D eigenvalue weighted by Crippen LogP contribution is 2.29. The van der Waals surface area contributed by atoms with Gasteiger partial charge in [0.15, 0.2) is 6.61 Å². The maximum Gasteiger partial charge on any atom is 0.387 e. The molecule has 1 fully saturated rings. The quantitative estimate of drug-likeness (QED) is 0.535. The average molecular weight is 499 g/mol. The van der Waals surface area contributed by atoms with Gasteiger partial charge in [-0.25, -0.2) is 8.42 Å². The highest BCUT2D eigenvalue weighted by Gasteiger charge is 2.44. The van der Waals surface area contributed by atoms with E-state index in [9.17, 15) is 31.9 Å². The van der Waals surface area contributed by atoms with Crippen molar-refractivity contribution in [2.75, 3.05) is 18.5 Å². The van der Waals surface area contributed by atoms with E-state index in [2.05, 4.69) is 10.1 Å². The fraction of sp³-hybridized carbons (Fsp3) is 0.364. The summed E-state index contributed by atoms with van der Waals surface area (Å²) in [5, 5.41) is 12.3. The Labute approximate surface area is 195 Å². The number of carbonyl (C=O) groups is 2. The normalized spacial score (nSPS) is 18.6. The monoisotopic (exact) mass is 498 g/mol. The summed E-state index contributed by atoms with van der Waals surface area (Å²) in [6.07, 6.45) is -1.29. The summed E-state index contributed by atoms with van der Waals surface area (Å²) in [6.45, 7) is -0.628. The Bertz CT molecular complexity index is 1170. The third kappa shape index (κ3) is 5.88. The fourth-order valence-corrected chi connectivity index (χ4v) is 5.17. The van der Waals surface area contributed by atoms with E-state index >= 15 is 0 Å². The predicted molar refractivity (Wildman–Crippen MR) is 117 cm³/mol. The van der Waals surface area contributed by atoms with Crippen LogP contribution in [-0.2, 0) is 24.3 Å². The van der Waals surface area contributed by atoms with Crippen LogP contribution in [0.1, 0.15) is 17.5 Å². The van der Waals surface area contributed by atoms with Gasteiger partial charge in [-0.05, 0) is 49.2 Å². The van der Waals surface area contributed by atoms with Crippen molar-refractivity contribution in [1.29, 1.82) is 0 Å². The van der Waals surface area contributed by atoms with E-state index in [-0.39, 0.29) is 29.3 Å². The number of hydrogen-bond donors (Lipinski definition) is 2. The summed E-state index contributed by atoms with van der Waals surface area (Å²) >= 11 is 0. The standard InChI is InChI=1S/C22H24F2N2O7S/c1-13-7-8-16(9-14(13)2)34(30,31)26-11-15(27)10-18(26)21(29)32-12-20(28)25-17-5-3-4-6-19(17)33-22(23)24/h3-9,15,18,22,27H,10-12H2,1-2H3,(H,25,28). The fourth-order valence-electron chi connectivity index (χ4n) is 3.46. The van der Waals surface area contributed by atoms with Gasteiger partial charge in [0.05, 0.1) is 16.7 Å². The van der Waals surface area contributed by atoms with Crippen LogP contribution in [-0.4, -0.2) is 61.6 Å². The molecule has 1 amide bonds. The smallest absolute Gasteiger partial charge is 0.387 e. The number of sulfonamides is 1. The van der Waals surface area contributed by atoms with E-state index in [0.29, 0.717) is 0 Å². The number of esters is 1. The molecule has 9 nitrogen and oxygen atoms in total. The van der Waals surface area contributed by atoms with Gasteiger partial charge in [-0.3, -0.25) is 9.59 Å². The summed E-state index contributed by atoms with van der Waals surface area (Å²) in [5.74, 6) is -2.14. The van der Waals surface area contributed by atoms with Crippen LogP contribution in [0.4, 0.5) is 14.5 Å². The number of benzene rings is 2. The number of β-amino-alcohol motifs (C(OH)–C–C–N with tert-alkyl or cyclic N) is 1. The number of aliphatic hydroxyl groups is 1. The Morgan fingerprint density at radius 1 is 1.18 bits per heavy atom. The molecule has 2 atom stereocenters.